The van der Waals surface area contributed by atoms with Crippen LogP contribution in [-0.4, -0.2) is 21.9 Å². The first-order chi connectivity index (χ1) is 9.95. The Kier molecular flexibility index (Phi) is 4.90. The molecular formula is C15H17BrN4O. The van der Waals surface area contributed by atoms with Gasteiger partial charge in [-0.05, 0) is 54.4 Å². The van der Waals surface area contributed by atoms with Gasteiger partial charge in [0.2, 0.25) is 0 Å². The van der Waals surface area contributed by atoms with Gasteiger partial charge in [0, 0.05) is 10.5 Å². The van der Waals surface area contributed by atoms with E-state index in [4.69, 9.17) is 0 Å². The van der Waals surface area contributed by atoms with Crippen LogP contribution in [0.15, 0.2) is 35.1 Å². The highest BCUT2D eigenvalue weighted by Gasteiger charge is 2.10. The van der Waals surface area contributed by atoms with E-state index in [2.05, 4.69) is 36.5 Å². The first-order valence-electron chi connectivity index (χ1n) is 6.62. The van der Waals surface area contributed by atoms with E-state index in [0.29, 0.717) is 11.5 Å². The van der Waals surface area contributed by atoms with Gasteiger partial charge in [0.25, 0.3) is 5.91 Å². The lowest BCUT2D eigenvalue weighted by Crippen LogP contribution is -2.16. The van der Waals surface area contributed by atoms with Crippen LogP contribution in [0.1, 0.15) is 29.9 Å². The molecule has 0 bridgehead atoms. The zero-order valence-electron chi connectivity index (χ0n) is 12.1. The van der Waals surface area contributed by atoms with Gasteiger partial charge in [-0.3, -0.25) is 4.79 Å². The highest BCUT2D eigenvalue weighted by atomic mass is 79.9. The molecule has 0 aliphatic heterocycles. The van der Waals surface area contributed by atoms with E-state index in [9.17, 15) is 4.79 Å². The average Bonchev–Trinajstić information content (AvgIpc) is 2.42. The number of rotatable bonds is 4. The maximum atomic E-state index is 12.1. The van der Waals surface area contributed by atoms with Crippen molar-refractivity contribution in [3.63, 3.8) is 0 Å². The summed E-state index contributed by atoms with van der Waals surface area (Å²) in [5, 5.41) is 5.93. The fourth-order valence-corrected chi connectivity index (χ4v) is 2.32. The zero-order valence-corrected chi connectivity index (χ0v) is 13.7. The Bertz CT molecular complexity index is 641. The molecule has 0 aliphatic carbocycles. The monoisotopic (exact) mass is 348 g/mol. The third-order valence-corrected chi connectivity index (χ3v) is 3.35. The van der Waals surface area contributed by atoms with E-state index < -0.39 is 0 Å². The highest BCUT2D eigenvalue weighted by molar-refractivity contribution is 9.10. The maximum absolute atomic E-state index is 12.1. The third kappa shape index (κ3) is 4.26. The Labute approximate surface area is 132 Å². The van der Waals surface area contributed by atoms with Crippen molar-refractivity contribution in [1.29, 1.82) is 0 Å². The van der Waals surface area contributed by atoms with Gasteiger partial charge in [0.05, 0.1) is 18.1 Å². The second kappa shape index (κ2) is 6.67. The SMILES string of the molecule is Cc1ccc(NC(=O)c2cnc(NC(C)C)cn2)c(Br)c1. The van der Waals surface area contributed by atoms with Crippen LogP contribution in [0, 0.1) is 6.92 Å². The van der Waals surface area contributed by atoms with Gasteiger partial charge in [-0.2, -0.15) is 0 Å². The predicted molar refractivity (Wildman–Crippen MR) is 87.6 cm³/mol. The molecular weight excluding hydrogens is 332 g/mol. The van der Waals surface area contributed by atoms with Gasteiger partial charge in [0.1, 0.15) is 11.5 Å². The van der Waals surface area contributed by atoms with E-state index >= 15 is 0 Å². The molecule has 0 saturated carbocycles. The van der Waals surface area contributed by atoms with E-state index in [-0.39, 0.29) is 17.6 Å². The number of aryl methyl sites for hydroxylation is 1. The summed E-state index contributed by atoms with van der Waals surface area (Å²) in [5.41, 5.74) is 2.09. The fraction of sp³-hybridized carbons (Fsp3) is 0.267. The molecule has 0 spiro atoms. The highest BCUT2D eigenvalue weighted by Crippen LogP contribution is 2.23. The number of hydrogen-bond donors (Lipinski definition) is 2. The molecule has 0 atom stereocenters. The van der Waals surface area contributed by atoms with E-state index in [1.165, 1.54) is 6.20 Å². The van der Waals surface area contributed by atoms with Crippen molar-refractivity contribution in [1.82, 2.24) is 9.97 Å². The number of amides is 1. The fourth-order valence-electron chi connectivity index (χ4n) is 1.72. The average molecular weight is 349 g/mol. The van der Waals surface area contributed by atoms with Gasteiger partial charge in [-0.25, -0.2) is 9.97 Å². The number of nitrogens with one attached hydrogen (secondary N) is 2. The topological polar surface area (TPSA) is 66.9 Å². The molecule has 1 amide bonds. The number of carbonyl (C=O) groups is 1. The molecule has 1 aromatic heterocycles. The zero-order chi connectivity index (χ0) is 15.4. The Morgan fingerprint density at radius 1 is 1.24 bits per heavy atom. The number of anilines is 2. The Balaban J connectivity index is 2.09. The van der Waals surface area contributed by atoms with Gasteiger partial charge >= 0.3 is 0 Å². The summed E-state index contributed by atoms with van der Waals surface area (Å²) >= 11 is 3.43. The minimum Gasteiger partial charge on any atom is -0.367 e. The van der Waals surface area contributed by atoms with E-state index in [1.807, 2.05) is 39.0 Å². The van der Waals surface area contributed by atoms with Crippen LogP contribution in [0.2, 0.25) is 0 Å². The molecule has 6 heteroatoms. The van der Waals surface area contributed by atoms with Crippen LogP contribution >= 0.6 is 15.9 Å². The largest absolute Gasteiger partial charge is 0.367 e. The number of nitrogens with zero attached hydrogens (tertiary/aromatic N) is 2. The lowest BCUT2D eigenvalue weighted by molar-refractivity contribution is 0.102. The lowest BCUT2D eigenvalue weighted by Gasteiger charge is -2.10. The summed E-state index contributed by atoms with van der Waals surface area (Å²) in [6, 6.07) is 5.99. The predicted octanol–water partition coefficient (Wildman–Crippen LogP) is 3.62. The number of halogens is 1. The van der Waals surface area contributed by atoms with Crippen LogP contribution < -0.4 is 10.6 Å². The first kappa shape index (κ1) is 15.4. The second-order valence-electron chi connectivity index (χ2n) is 5.02. The number of hydrogen-bond acceptors (Lipinski definition) is 4. The summed E-state index contributed by atoms with van der Waals surface area (Å²) in [6.45, 7) is 6.01. The van der Waals surface area contributed by atoms with Crippen molar-refractivity contribution in [2.75, 3.05) is 10.6 Å². The van der Waals surface area contributed by atoms with Crippen molar-refractivity contribution in [3.8, 4) is 0 Å². The first-order valence-corrected chi connectivity index (χ1v) is 7.41. The molecule has 2 N–H and O–H groups in total. The standard InChI is InChI=1S/C15H17BrN4O/c1-9(2)19-14-8-17-13(7-18-14)15(21)20-12-5-4-10(3)6-11(12)16/h4-9H,1-3H3,(H,18,19)(H,20,21). The molecule has 0 fully saturated rings. The summed E-state index contributed by atoms with van der Waals surface area (Å²) in [5.74, 6) is 0.362. The van der Waals surface area contributed by atoms with Crippen molar-refractivity contribution in [3.05, 3.63) is 46.3 Å². The van der Waals surface area contributed by atoms with Crippen molar-refractivity contribution < 1.29 is 4.79 Å². The summed E-state index contributed by atoms with van der Waals surface area (Å²) < 4.78 is 0.835. The quantitative estimate of drug-likeness (QED) is 0.885. The van der Waals surface area contributed by atoms with Crippen LogP contribution in [0.4, 0.5) is 11.5 Å². The number of aromatic nitrogens is 2. The molecule has 1 heterocycles. The van der Waals surface area contributed by atoms with Gasteiger partial charge in [-0.1, -0.05) is 6.07 Å². The van der Waals surface area contributed by atoms with Crippen LogP contribution in [0.3, 0.4) is 0 Å². The molecule has 2 rings (SSSR count). The van der Waals surface area contributed by atoms with Crippen molar-refractivity contribution >= 4 is 33.3 Å². The van der Waals surface area contributed by atoms with E-state index in [0.717, 1.165) is 10.0 Å². The van der Waals surface area contributed by atoms with Crippen molar-refractivity contribution in [2.45, 2.75) is 26.8 Å². The molecule has 0 radical (unpaired) electrons. The Hall–Kier alpha value is -1.95. The molecule has 1 aromatic carbocycles. The second-order valence-corrected chi connectivity index (χ2v) is 5.88. The number of benzene rings is 1. The molecule has 110 valence electrons. The minimum atomic E-state index is -0.289. The normalized spacial score (nSPS) is 10.5. The smallest absolute Gasteiger partial charge is 0.275 e. The van der Waals surface area contributed by atoms with Crippen LogP contribution in [0.25, 0.3) is 0 Å². The van der Waals surface area contributed by atoms with Crippen LogP contribution in [-0.2, 0) is 0 Å². The molecule has 0 unspecified atom stereocenters. The number of carbonyl (C=O) groups excluding carboxylic acids is 1. The summed E-state index contributed by atoms with van der Waals surface area (Å²) in [7, 11) is 0. The van der Waals surface area contributed by atoms with Gasteiger partial charge in [0.15, 0.2) is 0 Å². The molecule has 21 heavy (non-hydrogen) atoms. The van der Waals surface area contributed by atoms with Gasteiger partial charge in [-0.15, -0.1) is 0 Å². The summed E-state index contributed by atoms with van der Waals surface area (Å²) in [4.78, 5) is 20.4. The molecule has 2 aromatic rings. The van der Waals surface area contributed by atoms with E-state index in [1.54, 1.807) is 6.20 Å². The van der Waals surface area contributed by atoms with Crippen LogP contribution in [0.5, 0.6) is 0 Å². The van der Waals surface area contributed by atoms with Gasteiger partial charge < -0.3 is 10.6 Å². The molecule has 0 saturated heterocycles. The summed E-state index contributed by atoms with van der Waals surface area (Å²) in [6.07, 6.45) is 3.02. The maximum Gasteiger partial charge on any atom is 0.275 e. The molecule has 0 aliphatic rings. The lowest BCUT2D eigenvalue weighted by atomic mass is 10.2. The Morgan fingerprint density at radius 3 is 2.57 bits per heavy atom. The third-order valence-electron chi connectivity index (χ3n) is 2.69. The molecule has 5 nitrogen and oxygen atoms in total. The van der Waals surface area contributed by atoms with Crippen molar-refractivity contribution in [2.24, 2.45) is 0 Å². The Morgan fingerprint density at radius 2 is 2.00 bits per heavy atom. The minimum absolute atomic E-state index is 0.266.